The number of halogens is 1. The minimum atomic E-state index is -0.401. The molecule has 0 fully saturated rings. The van der Waals surface area contributed by atoms with Crippen molar-refractivity contribution in [3.05, 3.63) is 75.6 Å². The van der Waals surface area contributed by atoms with Gasteiger partial charge in [-0.1, -0.05) is 30.3 Å². The van der Waals surface area contributed by atoms with E-state index in [4.69, 9.17) is 5.73 Å². The molecule has 0 spiro atoms. The molecule has 1 heterocycles. The van der Waals surface area contributed by atoms with Crippen molar-refractivity contribution < 1.29 is 21.9 Å². The van der Waals surface area contributed by atoms with E-state index >= 15 is 0 Å². The maximum atomic E-state index is 10.9. The zero-order valence-corrected chi connectivity index (χ0v) is 12.7. The molecule has 2 N–H and O–H groups in total. The van der Waals surface area contributed by atoms with Crippen LogP contribution in [0.5, 0.6) is 0 Å². The number of rotatable bonds is 2. The Morgan fingerprint density at radius 3 is 2.67 bits per heavy atom. The number of fused-ring (bicyclic) bond motifs is 1. The molecule has 108 valence electrons. The molecule has 21 heavy (non-hydrogen) atoms. The average molecular weight is 347 g/mol. The number of benzene rings is 2. The third-order valence-corrected chi connectivity index (χ3v) is 3.35. The number of hydrogen-bond donors (Lipinski definition) is 1. The van der Waals surface area contributed by atoms with Gasteiger partial charge < -0.3 is 27.6 Å². The Morgan fingerprint density at radius 2 is 1.90 bits per heavy atom. The molecule has 5 nitrogen and oxygen atoms in total. The molecule has 0 aliphatic carbocycles. The van der Waals surface area contributed by atoms with Gasteiger partial charge in [0.1, 0.15) is 5.82 Å². The first-order valence-electron chi connectivity index (χ1n) is 6.22. The maximum absolute atomic E-state index is 10.9. The van der Waals surface area contributed by atoms with E-state index in [2.05, 4.69) is 0 Å². The molecule has 3 rings (SSSR count). The first-order valence-corrected chi connectivity index (χ1v) is 6.22. The summed E-state index contributed by atoms with van der Waals surface area (Å²) >= 11 is 0. The highest BCUT2D eigenvalue weighted by Crippen LogP contribution is 2.29. The van der Waals surface area contributed by atoms with Crippen LogP contribution in [0.25, 0.3) is 6.08 Å². The SMILES string of the molecule is NC1=Cc2ccccc2CN1c1cccc([N+](=O)[O-])c1.[Br-]. The Labute approximate surface area is 132 Å². The monoisotopic (exact) mass is 346 g/mol. The van der Waals surface area contributed by atoms with Gasteiger partial charge in [0.2, 0.25) is 0 Å². The van der Waals surface area contributed by atoms with E-state index in [0.29, 0.717) is 12.4 Å². The van der Waals surface area contributed by atoms with E-state index in [-0.39, 0.29) is 22.7 Å². The van der Waals surface area contributed by atoms with Gasteiger partial charge in [-0.25, -0.2) is 0 Å². The molecule has 1 aliphatic heterocycles. The minimum Gasteiger partial charge on any atom is -1.00 e. The highest BCUT2D eigenvalue weighted by atomic mass is 79.9. The van der Waals surface area contributed by atoms with E-state index < -0.39 is 4.92 Å². The van der Waals surface area contributed by atoms with Crippen LogP contribution in [-0.2, 0) is 6.54 Å². The molecule has 0 unspecified atom stereocenters. The molecule has 0 amide bonds. The Bertz CT molecular complexity index is 716. The van der Waals surface area contributed by atoms with Crippen molar-refractivity contribution in [2.75, 3.05) is 4.90 Å². The van der Waals surface area contributed by atoms with Crippen molar-refractivity contribution >= 4 is 17.5 Å². The summed E-state index contributed by atoms with van der Waals surface area (Å²) in [7, 11) is 0. The van der Waals surface area contributed by atoms with Gasteiger partial charge in [0.25, 0.3) is 5.69 Å². The molecular formula is C15H13BrN3O2-. The minimum absolute atomic E-state index is 0. The lowest BCUT2D eigenvalue weighted by Crippen LogP contribution is -3.00. The number of anilines is 1. The zero-order valence-electron chi connectivity index (χ0n) is 11.1. The summed E-state index contributed by atoms with van der Waals surface area (Å²) in [5.74, 6) is 0.587. The Morgan fingerprint density at radius 1 is 1.14 bits per heavy atom. The van der Waals surface area contributed by atoms with Crippen LogP contribution < -0.4 is 27.6 Å². The molecule has 0 saturated carbocycles. The Kier molecular flexibility index (Phi) is 4.28. The fourth-order valence-corrected chi connectivity index (χ4v) is 2.33. The maximum Gasteiger partial charge on any atom is 0.271 e. The number of nitrogens with two attached hydrogens (primary N) is 1. The number of nitro benzene ring substituents is 1. The summed E-state index contributed by atoms with van der Waals surface area (Å²) in [5.41, 5.74) is 9.09. The van der Waals surface area contributed by atoms with E-state index in [9.17, 15) is 10.1 Å². The van der Waals surface area contributed by atoms with Crippen LogP contribution in [0, 0.1) is 10.1 Å². The molecule has 0 atom stereocenters. The predicted molar refractivity (Wildman–Crippen MR) is 77.9 cm³/mol. The number of nitrogens with zero attached hydrogens (tertiary/aromatic N) is 2. The van der Waals surface area contributed by atoms with Gasteiger partial charge in [0.15, 0.2) is 0 Å². The van der Waals surface area contributed by atoms with Crippen molar-refractivity contribution in [1.29, 1.82) is 0 Å². The van der Waals surface area contributed by atoms with E-state index in [1.165, 1.54) is 12.1 Å². The summed E-state index contributed by atoms with van der Waals surface area (Å²) < 4.78 is 0. The molecule has 0 bridgehead atoms. The van der Waals surface area contributed by atoms with Crippen LogP contribution in [0.4, 0.5) is 11.4 Å². The highest BCUT2D eigenvalue weighted by molar-refractivity contribution is 5.68. The molecule has 0 aromatic heterocycles. The molecular weight excluding hydrogens is 334 g/mol. The van der Waals surface area contributed by atoms with Gasteiger partial charge in [-0.15, -0.1) is 0 Å². The number of nitro groups is 1. The average Bonchev–Trinajstić information content (AvgIpc) is 2.46. The fraction of sp³-hybridized carbons (Fsp3) is 0.0667. The smallest absolute Gasteiger partial charge is 0.271 e. The van der Waals surface area contributed by atoms with Gasteiger partial charge in [0.05, 0.1) is 11.5 Å². The van der Waals surface area contributed by atoms with E-state index in [1.807, 2.05) is 41.3 Å². The number of hydrogen-bond acceptors (Lipinski definition) is 4. The fourth-order valence-electron chi connectivity index (χ4n) is 2.33. The molecule has 0 saturated heterocycles. The van der Waals surface area contributed by atoms with Crippen LogP contribution in [0.15, 0.2) is 54.4 Å². The van der Waals surface area contributed by atoms with Crippen molar-refractivity contribution in [2.24, 2.45) is 5.73 Å². The van der Waals surface area contributed by atoms with Gasteiger partial charge in [0, 0.05) is 17.8 Å². The predicted octanol–water partition coefficient (Wildman–Crippen LogP) is -0.124. The van der Waals surface area contributed by atoms with Gasteiger partial charge in [-0.2, -0.15) is 0 Å². The molecule has 0 radical (unpaired) electrons. The lowest BCUT2D eigenvalue weighted by molar-refractivity contribution is -0.384. The lowest BCUT2D eigenvalue weighted by Gasteiger charge is -2.29. The third-order valence-electron chi connectivity index (χ3n) is 3.35. The van der Waals surface area contributed by atoms with E-state index in [1.54, 1.807) is 6.07 Å². The normalized spacial score (nSPS) is 13.0. The lowest BCUT2D eigenvalue weighted by atomic mass is 10.0. The van der Waals surface area contributed by atoms with Crippen molar-refractivity contribution in [2.45, 2.75) is 6.54 Å². The van der Waals surface area contributed by atoms with Crippen LogP contribution in [0.1, 0.15) is 11.1 Å². The molecule has 2 aromatic rings. The quantitative estimate of drug-likeness (QED) is 0.607. The van der Waals surface area contributed by atoms with Crippen LogP contribution in [0.3, 0.4) is 0 Å². The second-order valence-corrected chi connectivity index (χ2v) is 4.63. The van der Waals surface area contributed by atoms with Crippen molar-refractivity contribution in [1.82, 2.24) is 0 Å². The summed E-state index contributed by atoms with van der Waals surface area (Å²) in [5, 5.41) is 10.9. The first kappa shape index (κ1) is 15.1. The van der Waals surface area contributed by atoms with Gasteiger partial charge in [-0.3, -0.25) is 10.1 Å². The largest absolute Gasteiger partial charge is 1.00 e. The van der Waals surface area contributed by atoms with E-state index in [0.717, 1.165) is 16.8 Å². The standard InChI is InChI=1S/C15H13N3O2.BrH/c16-15-8-11-4-1-2-5-12(11)10-17(15)13-6-3-7-14(9-13)18(19)20;/h1-9H,10,16H2;1H/p-1. The summed E-state index contributed by atoms with van der Waals surface area (Å²) in [6.07, 6.45) is 1.89. The van der Waals surface area contributed by atoms with Crippen molar-refractivity contribution in [3.63, 3.8) is 0 Å². The van der Waals surface area contributed by atoms with Crippen molar-refractivity contribution in [3.8, 4) is 0 Å². The highest BCUT2D eigenvalue weighted by Gasteiger charge is 2.18. The van der Waals surface area contributed by atoms with Gasteiger partial charge >= 0.3 is 0 Å². The zero-order chi connectivity index (χ0) is 14.1. The molecule has 6 heteroatoms. The summed E-state index contributed by atoms with van der Waals surface area (Å²) in [6.45, 7) is 0.611. The first-order chi connectivity index (χ1) is 9.65. The number of non-ortho nitro benzene ring substituents is 1. The van der Waals surface area contributed by atoms with Crippen LogP contribution >= 0.6 is 0 Å². The second kappa shape index (κ2) is 5.97. The summed E-state index contributed by atoms with van der Waals surface area (Å²) in [6, 6.07) is 14.5. The third kappa shape index (κ3) is 2.90. The molecule has 2 aromatic carbocycles. The van der Waals surface area contributed by atoms with Crippen LogP contribution in [0.2, 0.25) is 0 Å². The topological polar surface area (TPSA) is 72.4 Å². The van der Waals surface area contributed by atoms with Gasteiger partial charge in [-0.05, 0) is 23.3 Å². The Hall–Kier alpha value is -2.34. The Balaban J connectivity index is 0.00000161. The summed E-state index contributed by atoms with van der Waals surface area (Å²) in [4.78, 5) is 12.3. The van der Waals surface area contributed by atoms with Crippen LogP contribution in [-0.4, -0.2) is 4.92 Å². The molecule has 1 aliphatic rings. The second-order valence-electron chi connectivity index (χ2n) is 4.63.